The first-order valence-electron chi connectivity index (χ1n) is 5.19. The fourth-order valence-electron chi connectivity index (χ4n) is 1.81. The molecular formula is C10H20N2O. The molecule has 1 aliphatic carbocycles. The van der Waals surface area contributed by atoms with Gasteiger partial charge in [0.15, 0.2) is 0 Å². The highest BCUT2D eigenvalue weighted by Gasteiger charge is 2.19. The second kappa shape index (κ2) is 5.22. The Morgan fingerprint density at radius 2 is 2.08 bits per heavy atom. The lowest BCUT2D eigenvalue weighted by molar-refractivity contribution is -0.125. The molecule has 0 spiro atoms. The first-order chi connectivity index (χ1) is 6.24. The Balaban J connectivity index is 2.22. The van der Waals surface area contributed by atoms with Gasteiger partial charge in [0, 0.05) is 18.5 Å². The van der Waals surface area contributed by atoms with E-state index in [4.69, 9.17) is 0 Å². The van der Waals surface area contributed by atoms with Crippen molar-refractivity contribution >= 4 is 5.91 Å². The molecule has 1 amide bonds. The molecule has 13 heavy (non-hydrogen) atoms. The number of rotatable bonds is 4. The van der Waals surface area contributed by atoms with E-state index in [0.29, 0.717) is 6.04 Å². The summed E-state index contributed by atoms with van der Waals surface area (Å²) in [5.74, 6) is 0.284. The van der Waals surface area contributed by atoms with Crippen LogP contribution in [0.15, 0.2) is 0 Å². The van der Waals surface area contributed by atoms with Crippen LogP contribution in [0, 0.1) is 5.92 Å². The molecule has 0 aromatic heterocycles. The maximum atomic E-state index is 11.5. The van der Waals surface area contributed by atoms with Gasteiger partial charge < -0.3 is 10.6 Å². The van der Waals surface area contributed by atoms with Crippen LogP contribution in [0.5, 0.6) is 0 Å². The van der Waals surface area contributed by atoms with Gasteiger partial charge in [-0.3, -0.25) is 4.79 Å². The minimum Gasteiger partial charge on any atom is -0.353 e. The quantitative estimate of drug-likeness (QED) is 0.681. The van der Waals surface area contributed by atoms with Gasteiger partial charge in [-0.15, -0.1) is 0 Å². The third-order valence-electron chi connectivity index (χ3n) is 2.66. The molecular weight excluding hydrogens is 164 g/mol. The molecule has 0 heterocycles. The van der Waals surface area contributed by atoms with Crippen LogP contribution in [-0.2, 0) is 4.79 Å². The van der Waals surface area contributed by atoms with Crippen molar-refractivity contribution in [3.05, 3.63) is 0 Å². The van der Waals surface area contributed by atoms with Crippen molar-refractivity contribution in [1.82, 2.24) is 10.6 Å². The van der Waals surface area contributed by atoms with Gasteiger partial charge in [-0.2, -0.15) is 0 Å². The molecule has 3 nitrogen and oxygen atoms in total. The lowest BCUT2D eigenvalue weighted by Crippen LogP contribution is -2.39. The summed E-state index contributed by atoms with van der Waals surface area (Å²) in [7, 11) is 1.87. The number of hydrogen-bond donors (Lipinski definition) is 2. The van der Waals surface area contributed by atoms with E-state index >= 15 is 0 Å². The van der Waals surface area contributed by atoms with E-state index in [9.17, 15) is 4.79 Å². The molecule has 1 atom stereocenters. The van der Waals surface area contributed by atoms with Crippen molar-refractivity contribution in [3.8, 4) is 0 Å². The highest BCUT2D eigenvalue weighted by Crippen LogP contribution is 2.17. The van der Waals surface area contributed by atoms with Crippen LogP contribution >= 0.6 is 0 Å². The minimum absolute atomic E-state index is 0.0885. The molecule has 0 aromatic rings. The van der Waals surface area contributed by atoms with Gasteiger partial charge in [0.25, 0.3) is 0 Å². The lowest BCUT2D eigenvalue weighted by atomic mass is 10.1. The molecule has 1 rings (SSSR count). The SMILES string of the molecule is CNCC(C)C(=O)NC1CCCC1. The summed E-state index contributed by atoms with van der Waals surface area (Å²) in [6.07, 6.45) is 4.87. The van der Waals surface area contributed by atoms with Crippen LogP contribution in [-0.4, -0.2) is 25.5 Å². The van der Waals surface area contributed by atoms with Crippen LogP contribution in [0.2, 0.25) is 0 Å². The van der Waals surface area contributed by atoms with Gasteiger partial charge in [-0.1, -0.05) is 19.8 Å². The Morgan fingerprint density at radius 1 is 1.46 bits per heavy atom. The highest BCUT2D eigenvalue weighted by atomic mass is 16.1. The summed E-state index contributed by atoms with van der Waals surface area (Å²) in [4.78, 5) is 11.5. The Labute approximate surface area is 80.3 Å². The number of hydrogen-bond acceptors (Lipinski definition) is 2. The maximum absolute atomic E-state index is 11.5. The molecule has 3 heteroatoms. The first kappa shape index (κ1) is 10.5. The zero-order chi connectivity index (χ0) is 9.68. The van der Waals surface area contributed by atoms with Crippen molar-refractivity contribution in [1.29, 1.82) is 0 Å². The predicted molar refractivity (Wildman–Crippen MR) is 53.5 cm³/mol. The maximum Gasteiger partial charge on any atom is 0.224 e. The van der Waals surface area contributed by atoms with E-state index in [0.717, 1.165) is 19.4 Å². The van der Waals surface area contributed by atoms with E-state index in [1.54, 1.807) is 0 Å². The average Bonchev–Trinajstić information content (AvgIpc) is 2.57. The standard InChI is InChI=1S/C10H20N2O/c1-8(7-11-2)10(13)12-9-5-3-4-6-9/h8-9,11H,3-7H2,1-2H3,(H,12,13). The predicted octanol–water partition coefficient (Wildman–Crippen LogP) is 0.901. The van der Waals surface area contributed by atoms with E-state index in [2.05, 4.69) is 10.6 Å². The van der Waals surface area contributed by atoms with Gasteiger partial charge in [-0.05, 0) is 19.9 Å². The number of carbonyl (C=O) groups excluding carboxylic acids is 1. The molecule has 0 radical (unpaired) electrons. The number of carbonyl (C=O) groups is 1. The monoisotopic (exact) mass is 184 g/mol. The van der Waals surface area contributed by atoms with Crippen molar-refractivity contribution in [3.63, 3.8) is 0 Å². The van der Waals surface area contributed by atoms with Gasteiger partial charge in [0.2, 0.25) is 5.91 Å². The summed E-state index contributed by atoms with van der Waals surface area (Å²) in [6.45, 7) is 2.72. The third-order valence-corrected chi connectivity index (χ3v) is 2.66. The van der Waals surface area contributed by atoms with E-state index in [1.165, 1.54) is 12.8 Å². The molecule has 76 valence electrons. The molecule has 0 bridgehead atoms. The zero-order valence-corrected chi connectivity index (χ0v) is 8.60. The average molecular weight is 184 g/mol. The van der Waals surface area contributed by atoms with Crippen LogP contribution in [0.25, 0.3) is 0 Å². The van der Waals surface area contributed by atoms with Crippen LogP contribution < -0.4 is 10.6 Å². The lowest BCUT2D eigenvalue weighted by Gasteiger charge is -2.16. The van der Waals surface area contributed by atoms with Gasteiger partial charge in [0.1, 0.15) is 0 Å². The van der Waals surface area contributed by atoms with Gasteiger partial charge >= 0.3 is 0 Å². The van der Waals surface area contributed by atoms with E-state index in [-0.39, 0.29) is 11.8 Å². The molecule has 0 saturated heterocycles. The Morgan fingerprint density at radius 3 is 2.62 bits per heavy atom. The Bertz CT molecular complexity index is 164. The minimum atomic E-state index is 0.0885. The van der Waals surface area contributed by atoms with Crippen LogP contribution in [0.4, 0.5) is 0 Å². The fourth-order valence-corrected chi connectivity index (χ4v) is 1.81. The second-order valence-electron chi connectivity index (χ2n) is 3.95. The zero-order valence-electron chi connectivity index (χ0n) is 8.60. The molecule has 1 aliphatic rings. The van der Waals surface area contributed by atoms with E-state index < -0.39 is 0 Å². The normalized spacial score (nSPS) is 20.2. The van der Waals surface area contributed by atoms with E-state index in [1.807, 2.05) is 14.0 Å². The molecule has 0 aromatic carbocycles. The Hall–Kier alpha value is -0.570. The van der Waals surface area contributed by atoms with Crippen LogP contribution in [0.3, 0.4) is 0 Å². The Kier molecular flexibility index (Phi) is 4.22. The third kappa shape index (κ3) is 3.35. The molecule has 2 N–H and O–H groups in total. The number of nitrogens with one attached hydrogen (secondary N) is 2. The first-order valence-corrected chi connectivity index (χ1v) is 5.19. The van der Waals surface area contributed by atoms with Crippen molar-refractivity contribution in [2.75, 3.05) is 13.6 Å². The van der Waals surface area contributed by atoms with Crippen molar-refractivity contribution in [2.45, 2.75) is 38.6 Å². The highest BCUT2D eigenvalue weighted by molar-refractivity contribution is 5.78. The summed E-state index contributed by atoms with van der Waals surface area (Å²) >= 11 is 0. The second-order valence-corrected chi connectivity index (χ2v) is 3.95. The van der Waals surface area contributed by atoms with Crippen LogP contribution in [0.1, 0.15) is 32.6 Å². The summed E-state index contributed by atoms with van der Waals surface area (Å²) in [5, 5.41) is 6.10. The summed E-state index contributed by atoms with van der Waals surface area (Å²) in [6, 6.07) is 0.451. The fraction of sp³-hybridized carbons (Fsp3) is 0.900. The largest absolute Gasteiger partial charge is 0.353 e. The number of amides is 1. The van der Waals surface area contributed by atoms with Gasteiger partial charge in [-0.25, -0.2) is 0 Å². The molecule has 1 unspecified atom stereocenters. The molecule has 1 saturated carbocycles. The van der Waals surface area contributed by atoms with Gasteiger partial charge in [0.05, 0.1) is 0 Å². The van der Waals surface area contributed by atoms with Crippen molar-refractivity contribution in [2.24, 2.45) is 5.92 Å². The topological polar surface area (TPSA) is 41.1 Å². The smallest absolute Gasteiger partial charge is 0.224 e. The molecule has 1 fully saturated rings. The molecule has 0 aliphatic heterocycles. The summed E-state index contributed by atoms with van der Waals surface area (Å²) < 4.78 is 0. The van der Waals surface area contributed by atoms with Crippen molar-refractivity contribution < 1.29 is 4.79 Å². The summed E-state index contributed by atoms with van der Waals surface area (Å²) in [5.41, 5.74) is 0.